The van der Waals surface area contributed by atoms with E-state index in [1.165, 1.54) is 0 Å². The second-order valence-corrected chi connectivity index (χ2v) is 6.26. The fourth-order valence-corrected chi connectivity index (χ4v) is 2.05. The van der Waals surface area contributed by atoms with E-state index in [2.05, 4.69) is 20.3 Å². The predicted octanol–water partition coefficient (Wildman–Crippen LogP) is 0.381. The molecular weight excluding hydrogens is 280 g/mol. The second kappa shape index (κ2) is 7.81. The van der Waals surface area contributed by atoms with Crippen molar-refractivity contribution in [2.24, 2.45) is 0 Å². The molecule has 0 aromatic carbocycles. The van der Waals surface area contributed by atoms with Crippen LogP contribution in [-0.4, -0.2) is 38.8 Å². The van der Waals surface area contributed by atoms with E-state index in [9.17, 15) is 13.2 Å². The third kappa shape index (κ3) is 7.05. The Morgan fingerprint density at radius 1 is 1.30 bits per heavy atom. The van der Waals surface area contributed by atoms with Crippen LogP contribution in [0.2, 0.25) is 0 Å². The maximum absolute atomic E-state index is 11.6. The molecule has 7 nitrogen and oxygen atoms in total. The molecule has 1 aromatic rings. The zero-order valence-electron chi connectivity index (χ0n) is 11.6. The molecule has 1 atom stereocenters. The Kier molecular flexibility index (Phi) is 6.40. The first-order valence-electron chi connectivity index (χ1n) is 6.27. The van der Waals surface area contributed by atoms with Gasteiger partial charge < -0.3 is 10.6 Å². The lowest BCUT2D eigenvalue weighted by molar-refractivity contribution is 0.238. The zero-order chi connectivity index (χ0) is 15.0. The van der Waals surface area contributed by atoms with Gasteiger partial charge >= 0.3 is 6.03 Å². The largest absolute Gasteiger partial charge is 0.338 e. The van der Waals surface area contributed by atoms with Gasteiger partial charge in [-0.15, -0.1) is 0 Å². The molecule has 0 aliphatic carbocycles. The van der Waals surface area contributed by atoms with Crippen LogP contribution < -0.4 is 15.4 Å². The fourth-order valence-electron chi connectivity index (χ4n) is 1.53. The van der Waals surface area contributed by atoms with E-state index < -0.39 is 10.0 Å². The van der Waals surface area contributed by atoms with Crippen LogP contribution in [0, 0.1) is 0 Å². The van der Waals surface area contributed by atoms with Crippen LogP contribution in [-0.2, 0) is 10.0 Å². The Morgan fingerprint density at radius 2 is 1.95 bits per heavy atom. The van der Waals surface area contributed by atoms with Gasteiger partial charge in [0.15, 0.2) is 0 Å². The van der Waals surface area contributed by atoms with Gasteiger partial charge in [0.1, 0.15) is 0 Å². The molecule has 0 saturated carbocycles. The average Bonchev–Trinajstić information content (AvgIpc) is 2.38. The first-order chi connectivity index (χ1) is 9.38. The minimum Gasteiger partial charge on any atom is -0.338 e. The average molecular weight is 300 g/mol. The van der Waals surface area contributed by atoms with E-state index in [4.69, 9.17) is 0 Å². The van der Waals surface area contributed by atoms with Crippen LogP contribution in [0.3, 0.4) is 0 Å². The number of amides is 2. The number of hydrogen-bond donors (Lipinski definition) is 3. The lowest BCUT2D eigenvalue weighted by atomic mass is 10.1. The molecule has 0 radical (unpaired) electrons. The summed E-state index contributed by atoms with van der Waals surface area (Å²) in [5, 5.41) is 5.46. The normalized spacial score (nSPS) is 12.7. The highest BCUT2D eigenvalue weighted by Gasteiger charge is 2.08. The van der Waals surface area contributed by atoms with Crippen molar-refractivity contribution in [3.05, 3.63) is 30.1 Å². The number of aromatic nitrogens is 1. The first kappa shape index (κ1) is 16.4. The molecule has 1 unspecified atom stereocenters. The summed E-state index contributed by atoms with van der Waals surface area (Å²) in [6.07, 6.45) is 4.97. The molecule has 3 N–H and O–H groups in total. The van der Waals surface area contributed by atoms with Crippen molar-refractivity contribution in [1.29, 1.82) is 0 Å². The summed E-state index contributed by atoms with van der Waals surface area (Å²) in [6.45, 7) is 2.58. The molecule has 8 heteroatoms. The lowest BCUT2D eigenvalue weighted by Crippen LogP contribution is -2.38. The lowest BCUT2D eigenvalue weighted by Gasteiger charge is -2.14. The number of urea groups is 1. The molecule has 2 amide bonds. The van der Waals surface area contributed by atoms with Crippen LogP contribution in [0.25, 0.3) is 0 Å². The Balaban J connectivity index is 2.21. The van der Waals surface area contributed by atoms with Crippen molar-refractivity contribution in [3.63, 3.8) is 0 Å². The zero-order valence-corrected chi connectivity index (χ0v) is 12.4. The summed E-state index contributed by atoms with van der Waals surface area (Å²) in [5.74, 6) is 0. The molecule has 0 aliphatic rings. The summed E-state index contributed by atoms with van der Waals surface area (Å²) in [4.78, 5) is 15.5. The molecule has 20 heavy (non-hydrogen) atoms. The van der Waals surface area contributed by atoms with Crippen LogP contribution >= 0.6 is 0 Å². The highest BCUT2D eigenvalue weighted by atomic mass is 32.2. The maximum Gasteiger partial charge on any atom is 0.315 e. The third-order valence-corrected chi connectivity index (χ3v) is 3.29. The van der Waals surface area contributed by atoms with Gasteiger partial charge in [-0.1, -0.05) is 0 Å². The number of sulfonamides is 1. The Morgan fingerprint density at radius 3 is 2.55 bits per heavy atom. The van der Waals surface area contributed by atoms with Crippen molar-refractivity contribution >= 4 is 16.1 Å². The Labute approximate surface area is 119 Å². The summed E-state index contributed by atoms with van der Waals surface area (Å²) < 4.78 is 24.0. The molecule has 0 fully saturated rings. The van der Waals surface area contributed by atoms with Gasteiger partial charge in [0.05, 0.1) is 12.3 Å². The van der Waals surface area contributed by atoms with Gasteiger partial charge in [-0.25, -0.2) is 17.9 Å². The van der Waals surface area contributed by atoms with Crippen LogP contribution in [0.15, 0.2) is 24.5 Å². The van der Waals surface area contributed by atoms with Crippen molar-refractivity contribution in [2.45, 2.75) is 19.4 Å². The van der Waals surface area contributed by atoms with E-state index in [1.807, 2.05) is 19.1 Å². The molecule has 1 rings (SSSR count). The van der Waals surface area contributed by atoms with E-state index in [0.717, 1.165) is 11.8 Å². The number of carbonyl (C=O) groups is 1. The van der Waals surface area contributed by atoms with E-state index in [1.54, 1.807) is 12.4 Å². The van der Waals surface area contributed by atoms with Crippen molar-refractivity contribution in [2.75, 3.05) is 19.3 Å². The Bertz CT molecular complexity index is 519. The SMILES string of the molecule is CC(NC(=O)NCCCNS(C)(=O)=O)c1ccncc1. The molecule has 0 saturated heterocycles. The van der Waals surface area contributed by atoms with Gasteiger partial charge in [0.25, 0.3) is 0 Å². The molecule has 1 heterocycles. The number of nitrogens with zero attached hydrogens (tertiary/aromatic N) is 1. The number of hydrogen-bond acceptors (Lipinski definition) is 4. The summed E-state index contributed by atoms with van der Waals surface area (Å²) in [5.41, 5.74) is 0.967. The van der Waals surface area contributed by atoms with E-state index >= 15 is 0 Å². The minimum absolute atomic E-state index is 0.118. The smallest absolute Gasteiger partial charge is 0.315 e. The van der Waals surface area contributed by atoms with Crippen molar-refractivity contribution in [1.82, 2.24) is 20.3 Å². The maximum atomic E-state index is 11.6. The molecule has 112 valence electrons. The van der Waals surface area contributed by atoms with Gasteiger partial charge in [0.2, 0.25) is 10.0 Å². The van der Waals surface area contributed by atoms with E-state index in [-0.39, 0.29) is 12.1 Å². The summed E-state index contributed by atoms with van der Waals surface area (Å²) in [6, 6.07) is 3.27. The van der Waals surface area contributed by atoms with Gasteiger partial charge in [-0.3, -0.25) is 4.98 Å². The molecular formula is C12H20N4O3S. The van der Waals surface area contributed by atoms with Gasteiger partial charge in [0, 0.05) is 25.5 Å². The predicted molar refractivity (Wildman–Crippen MR) is 76.6 cm³/mol. The number of rotatable bonds is 7. The van der Waals surface area contributed by atoms with Gasteiger partial charge in [-0.2, -0.15) is 0 Å². The number of pyridine rings is 1. The molecule has 0 bridgehead atoms. The molecule has 0 spiro atoms. The first-order valence-corrected chi connectivity index (χ1v) is 8.16. The van der Waals surface area contributed by atoms with Crippen molar-refractivity contribution < 1.29 is 13.2 Å². The number of nitrogens with one attached hydrogen (secondary N) is 3. The number of carbonyl (C=O) groups excluding carboxylic acids is 1. The van der Waals surface area contributed by atoms with E-state index in [0.29, 0.717) is 19.5 Å². The quantitative estimate of drug-likeness (QED) is 0.634. The van der Waals surface area contributed by atoms with Crippen molar-refractivity contribution in [3.8, 4) is 0 Å². The molecule has 0 aliphatic heterocycles. The Hall–Kier alpha value is -1.67. The van der Waals surface area contributed by atoms with Crippen LogP contribution in [0.1, 0.15) is 24.9 Å². The monoisotopic (exact) mass is 300 g/mol. The highest BCUT2D eigenvalue weighted by molar-refractivity contribution is 7.88. The minimum atomic E-state index is -3.16. The second-order valence-electron chi connectivity index (χ2n) is 4.42. The third-order valence-electron chi connectivity index (χ3n) is 2.56. The van der Waals surface area contributed by atoms with Gasteiger partial charge in [-0.05, 0) is 31.0 Å². The summed E-state index contributed by atoms with van der Waals surface area (Å²) >= 11 is 0. The molecule has 1 aromatic heterocycles. The standard InChI is InChI=1S/C12H20N4O3S/c1-10(11-4-8-13-9-5-11)16-12(17)14-6-3-7-15-20(2,18)19/h4-5,8-10,15H,3,6-7H2,1-2H3,(H2,14,16,17). The topological polar surface area (TPSA) is 100 Å². The fraction of sp³-hybridized carbons (Fsp3) is 0.500. The van der Waals surface area contributed by atoms with Crippen LogP contribution in [0.5, 0.6) is 0 Å². The highest BCUT2D eigenvalue weighted by Crippen LogP contribution is 2.09. The van der Waals surface area contributed by atoms with Crippen LogP contribution in [0.4, 0.5) is 4.79 Å². The summed E-state index contributed by atoms with van der Waals surface area (Å²) in [7, 11) is -3.16.